The van der Waals surface area contributed by atoms with Crippen molar-refractivity contribution in [2.75, 3.05) is 12.4 Å². The van der Waals surface area contributed by atoms with Gasteiger partial charge in [-0.1, -0.05) is 48.5 Å². The Hall–Kier alpha value is -3.18. The number of amides is 1. The van der Waals surface area contributed by atoms with Crippen molar-refractivity contribution in [1.82, 2.24) is 4.98 Å². The molecule has 1 aliphatic carbocycles. The lowest BCUT2D eigenvalue weighted by Crippen LogP contribution is -2.37. The molecule has 30 heavy (non-hydrogen) atoms. The first kappa shape index (κ1) is 18.8. The number of benzene rings is 3. The van der Waals surface area contributed by atoms with E-state index in [1.165, 1.54) is 27.7 Å². The topological polar surface area (TPSA) is 51.2 Å². The van der Waals surface area contributed by atoms with Crippen molar-refractivity contribution in [1.29, 1.82) is 0 Å². The van der Waals surface area contributed by atoms with Crippen LogP contribution in [0.5, 0.6) is 5.75 Å². The summed E-state index contributed by atoms with van der Waals surface area (Å²) in [5.74, 6) is 0.724. The van der Waals surface area contributed by atoms with E-state index < -0.39 is 5.41 Å². The van der Waals surface area contributed by atoms with Crippen LogP contribution in [0.1, 0.15) is 29.5 Å². The summed E-state index contributed by atoms with van der Waals surface area (Å²) in [4.78, 5) is 17.8. The molecule has 5 rings (SSSR count). The van der Waals surface area contributed by atoms with Crippen molar-refractivity contribution in [3.8, 4) is 5.75 Å². The minimum atomic E-state index is -0.636. The number of aromatic nitrogens is 1. The fourth-order valence-electron chi connectivity index (χ4n) is 4.64. The van der Waals surface area contributed by atoms with Crippen LogP contribution in [0.2, 0.25) is 0 Å². The number of fused-ring (bicyclic) bond motifs is 2. The van der Waals surface area contributed by atoms with E-state index in [-0.39, 0.29) is 11.8 Å². The lowest BCUT2D eigenvalue weighted by atomic mass is 9.73. The quantitative estimate of drug-likeness (QED) is 0.470. The standard InChI is InChI=1S/C25H22N2O2S/c1-25(23(28)27-24-26-11-12-30-24)15-19-9-10-20(29-2)14-21(19)22(25)18-8-7-16-5-3-4-6-17(16)13-18/h3-14,22H,15H2,1-2H3,(H,26,27,28)/t22-,25-/m1/s1. The highest BCUT2D eigenvalue weighted by atomic mass is 32.1. The first-order valence-corrected chi connectivity index (χ1v) is 10.8. The van der Waals surface area contributed by atoms with Crippen molar-refractivity contribution in [2.45, 2.75) is 19.3 Å². The molecule has 1 amide bonds. The van der Waals surface area contributed by atoms with E-state index in [2.05, 4.69) is 59.7 Å². The predicted molar refractivity (Wildman–Crippen MR) is 121 cm³/mol. The molecular weight excluding hydrogens is 392 g/mol. The second-order valence-electron chi connectivity index (χ2n) is 7.99. The van der Waals surface area contributed by atoms with Crippen LogP contribution < -0.4 is 10.1 Å². The van der Waals surface area contributed by atoms with E-state index in [9.17, 15) is 4.79 Å². The average Bonchev–Trinajstić information content (AvgIpc) is 3.38. The molecule has 0 aliphatic heterocycles. The van der Waals surface area contributed by atoms with Gasteiger partial charge in [-0.05, 0) is 52.9 Å². The number of carbonyl (C=O) groups is 1. The number of methoxy groups -OCH3 is 1. The summed E-state index contributed by atoms with van der Waals surface area (Å²) < 4.78 is 5.50. The number of carbonyl (C=O) groups excluding carboxylic acids is 1. The number of hydrogen-bond donors (Lipinski definition) is 1. The van der Waals surface area contributed by atoms with E-state index in [0.717, 1.165) is 16.9 Å². The van der Waals surface area contributed by atoms with Gasteiger partial charge >= 0.3 is 0 Å². The second kappa shape index (κ2) is 7.26. The fraction of sp³-hybridized carbons (Fsp3) is 0.200. The van der Waals surface area contributed by atoms with Crippen LogP contribution in [-0.2, 0) is 11.2 Å². The summed E-state index contributed by atoms with van der Waals surface area (Å²) in [6.07, 6.45) is 2.37. The highest BCUT2D eigenvalue weighted by Gasteiger charge is 2.49. The molecule has 0 bridgehead atoms. The molecule has 0 saturated heterocycles. The van der Waals surface area contributed by atoms with Gasteiger partial charge in [-0.3, -0.25) is 4.79 Å². The molecule has 1 heterocycles. The largest absolute Gasteiger partial charge is 0.497 e. The Morgan fingerprint density at radius 3 is 2.73 bits per heavy atom. The van der Waals surface area contributed by atoms with Crippen LogP contribution in [-0.4, -0.2) is 18.0 Å². The number of ether oxygens (including phenoxy) is 1. The lowest BCUT2D eigenvalue weighted by molar-refractivity contribution is -0.125. The summed E-state index contributed by atoms with van der Waals surface area (Å²) in [5.41, 5.74) is 2.84. The minimum absolute atomic E-state index is 0.00854. The van der Waals surface area contributed by atoms with Crippen LogP contribution in [0, 0.1) is 5.41 Å². The molecule has 0 saturated carbocycles. The Bertz CT molecular complexity index is 1240. The van der Waals surface area contributed by atoms with Crippen LogP contribution in [0.25, 0.3) is 10.8 Å². The van der Waals surface area contributed by atoms with Crippen molar-refractivity contribution in [3.05, 3.63) is 88.9 Å². The maximum absolute atomic E-state index is 13.5. The number of anilines is 1. The van der Waals surface area contributed by atoms with Gasteiger partial charge in [-0.2, -0.15) is 0 Å². The van der Waals surface area contributed by atoms with E-state index in [4.69, 9.17) is 4.74 Å². The summed E-state index contributed by atoms with van der Waals surface area (Å²) in [6.45, 7) is 2.06. The first-order chi connectivity index (χ1) is 14.6. The Morgan fingerprint density at radius 1 is 1.13 bits per heavy atom. The molecule has 1 aliphatic rings. The predicted octanol–water partition coefficient (Wildman–Crippen LogP) is 5.64. The Labute approximate surface area is 179 Å². The van der Waals surface area contributed by atoms with Crippen molar-refractivity contribution < 1.29 is 9.53 Å². The van der Waals surface area contributed by atoms with Crippen LogP contribution in [0.15, 0.2) is 72.2 Å². The van der Waals surface area contributed by atoms with Crippen LogP contribution in [0.3, 0.4) is 0 Å². The van der Waals surface area contributed by atoms with Gasteiger partial charge in [-0.15, -0.1) is 11.3 Å². The van der Waals surface area contributed by atoms with E-state index >= 15 is 0 Å². The van der Waals surface area contributed by atoms with Gasteiger partial charge in [-0.25, -0.2) is 4.98 Å². The monoisotopic (exact) mass is 414 g/mol. The number of rotatable bonds is 4. The van der Waals surface area contributed by atoms with Crippen molar-refractivity contribution >= 4 is 33.1 Å². The van der Waals surface area contributed by atoms with E-state index in [0.29, 0.717) is 11.6 Å². The second-order valence-corrected chi connectivity index (χ2v) is 8.88. The van der Waals surface area contributed by atoms with Gasteiger partial charge in [0.2, 0.25) is 5.91 Å². The molecule has 0 radical (unpaired) electrons. The lowest BCUT2D eigenvalue weighted by Gasteiger charge is -2.31. The third-order valence-corrected chi connectivity index (χ3v) is 6.83. The minimum Gasteiger partial charge on any atom is -0.497 e. The van der Waals surface area contributed by atoms with Crippen molar-refractivity contribution in [2.24, 2.45) is 5.41 Å². The SMILES string of the molecule is COc1ccc2c(c1)[C@@H](c1ccc3ccccc3c1)[C@](C)(C(=O)Nc1nccs1)C2. The smallest absolute Gasteiger partial charge is 0.233 e. The molecule has 4 nitrogen and oxygen atoms in total. The zero-order chi connectivity index (χ0) is 20.7. The van der Waals surface area contributed by atoms with Crippen LogP contribution in [0.4, 0.5) is 5.13 Å². The zero-order valence-electron chi connectivity index (χ0n) is 16.9. The van der Waals surface area contributed by atoms with Gasteiger partial charge in [0.05, 0.1) is 12.5 Å². The maximum Gasteiger partial charge on any atom is 0.233 e. The molecular formula is C25H22N2O2S. The maximum atomic E-state index is 13.5. The molecule has 0 fully saturated rings. The molecule has 5 heteroatoms. The van der Waals surface area contributed by atoms with Gasteiger partial charge in [0.15, 0.2) is 5.13 Å². The van der Waals surface area contributed by atoms with Crippen LogP contribution >= 0.6 is 11.3 Å². The van der Waals surface area contributed by atoms with Gasteiger partial charge in [0, 0.05) is 17.5 Å². The molecule has 3 aromatic carbocycles. The molecule has 0 spiro atoms. The normalized spacial score (nSPS) is 20.1. The summed E-state index contributed by atoms with van der Waals surface area (Å²) >= 11 is 1.43. The zero-order valence-corrected chi connectivity index (χ0v) is 17.7. The summed E-state index contributed by atoms with van der Waals surface area (Å²) in [6, 6.07) is 21.0. The Kier molecular flexibility index (Phi) is 4.55. The number of nitrogens with zero attached hydrogens (tertiary/aromatic N) is 1. The average molecular weight is 415 g/mol. The molecule has 2 atom stereocenters. The first-order valence-electron chi connectivity index (χ1n) is 9.95. The van der Waals surface area contributed by atoms with Gasteiger partial charge < -0.3 is 10.1 Å². The molecule has 150 valence electrons. The van der Waals surface area contributed by atoms with Crippen molar-refractivity contribution in [3.63, 3.8) is 0 Å². The third-order valence-electron chi connectivity index (χ3n) is 6.14. The summed E-state index contributed by atoms with van der Waals surface area (Å²) in [5, 5.41) is 7.91. The third kappa shape index (κ3) is 3.06. The number of hydrogen-bond acceptors (Lipinski definition) is 4. The molecule has 1 N–H and O–H groups in total. The number of nitrogens with one attached hydrogen (secondary N) is 1. The van der Waals surface area contributed by atoms with E-state index in [1.54, 1.807) is 13.3 Å². The Balaban J connectivity index is 1.64. The number of thiazole rings is 1. The highest BCUT2D eigenvalue weighted by Crippen LogP contribution is 2.52. The summed E-state index contributed by atoms with van der Waals surface area (Å²) in [7, 11) is 1.68. The molecule has 1 aromatic heterocycles. The van der Waals surface area contributed by atoms with Gasteiger partial charge in [0.25, 0.3) is 0 Å². The molecule has 0 unspecified atom stereocenters. The highest BCUT2D eigenvalue weighted by molar-refractivity contribution is 7.13. The Morgan fingerprint density at radius 2 is 1.97 bits per heavy atom. The fourth-order valence-corrected chi connectivity index (χ4v) is 5.17. The van der Waals surface area contributed by atoms with Gasteiger partial charge in [0.1, 0.15) is 5.75 Å². The van der Waals surface area contributed by atoms with E-state index in [1.807, 2.05) is 23.6 Å². The molecule has 4 aromatic rings.